The minimum atomic E-state index is -4.67. The average molecular weight is 131 g/mol. The third-order valence-electron chi connectivity index (χ3n) is 0.392. The van der Waals surface area contributed by atoms with Crippen molar-refractivity contribution in [3.05, 3.63) is 0 Å². The van der Waals surface area contributed by atoms with Crippen LogP contribution < -0.4 is 0 Å². The highest BCUT2D eigenvalue weighted by Crippen LogP contribution is 2.21. The van der Waals surface area contributed by atoms with Gasteiger partial charge in [0.25, 0.3) is 0 Å². The third kappa shape index (κ3) is 5.68. The van der Waals surface area contributed by atoms with E-state index in [1.54, 1.807) is 0 Å². The lowest BCUT2D eigenvalue weighted by molar-refractivity contribution is -0.182. The second kappa shape index (κ2) is 2.30. The van der Waals surface area contributed by atoms with Gasteiger partial charge in [0.15, 0.2) is 0 Å². The molecule has 1 nitrogen and oxygen atoms in total. The lowest BCUT2D eigenvalue weighted by Crippen LogP contribution is -2.13. The average Bonchev–Trinajstić information content (AvgIpc) is 1.21. The van der Waals surface area contributed by atoms with Crippen LogP contribution in [-0.4, -0.2) is 12.5 Å². The fourth-order valence-electron chi connectivity index (χ4n) is 0.182. The second-order valence-electron chi connectivity index (χ2n) is 1.23. The molecular weight excluding hydrogens is 128 g/mol. The monoisotopic (exact) mass is 131 g/mol. The van der Waals surface area contributed by atoms with Crippen molar-refractivity contribution in [1.82, 2.24) is 0 Å². The first kappa shape index (κ1) is 7.68. The summed E-state index contributed by atoms with van der Waals surface area (Å²) in [6.07, 6.45) is -9.59. The van der Waals surface area contributed by atoms with Gasteiger partial charge in [-0.05, 0) is 0 Å². The molecule has 0 spiro atoms. The fourth-order valence-corrected chi connectivity index (χ4v) is 0.182. The van der Waals surface area contributed by atoms with Crippen molar-refractivity contribution >= 4 is 0 Å². The van der Waals surface area contributed by atoms with E-state index in [9.17, 15) is 17.6 Å². The molecule has 0 saturated heterocycles. The molecule has 1 radical (unpaired) electrons. The summed E-state index contributed by atoms with van der Waals surface area (Å²) in [7, 11) is 0. The molecule has 0 N–H and O–H groups in total. The molecule has 0 aliphatic heterocycles. The van der Waals surface area contributed by atoms with E-state index in [0.29, 0.717) is 0 Å². The summed E-state index contributed by atoms with van der Waals surface area (Å²) >= 11 is 0. The van der Waals surface area contributed by atoms with E-state index in [-0.39, 0.29) is 0 Å². The van der Waals surface area contributed by atoms with Crippen molar-refractivity contribution < 1.29 is 22.7 Å². The van der Waals surface area contributed by atoms with Crippen LogP contribution in [0.15, 0.2) is 0 Å². The molecule has 0 aromatic carbocycles. The van der Waals surface area contributed by atoms with Crippen molar-refractivity contribution in [2.24, 2.45) is 0 Å². The zero-order valence-electron chi connectivity index (χ0n) is 3.70. The van der Waals surface area contributed by atoms with Gasteiger partial charge < -0.3 is 0 Å². The van der Waals surface area contributed by atoms with E-state index < -0.39 is 19.0 Å². The van der Waals surface area contributed by atoms with Crippen LogP contribution in [0.2, 0.25) is 0 Å². The van der Waals surface area contributed by atoms with Crippen molar-refractivity contribution in [2.75, 3.05) is 0 Å². The largest absolute Gasteiger partial charge is 0.394 e. The van der Waals surface area contributed by atoms with E-state index in [4.69, 9.17) is 5.11 Å². The second-order valence-corrected chi connectivity index (χ2v) is 1.23. The molecule has 0 aliphatic rings. The van der Waals surface area contributed by atoms with Gasteiger partial charge in [0.05, 0.1) is 0 Å². The first-order chi connectivity index (χ1) is 3.42. The van der Waals surface area contributed by atoms with Crippen molar-refractivity contribution in [3.63, 3.8) is 0 Å². The van der Waals surface area contributed by atoms with Gasteiger partial charge in [0.1, 0.15) is 6.42 Å². The highest BCUT2D eigenvalue weighted by molar-refractivity contribution is 4.49. The van der Waals surface area contributed by atoms with Gasteiger partial charge in [-0.1, -0.05) is 0 Å². The Bertz CT molecular complexity index is 66.2. The Kier molecular flexibility index (Phi) is 2.21. The van der Waals surface area contributed by atoms with Crippen LogP contribution in [0.5, 0.6) is 0 Å². The number of alkyl halides is 4. The van der Waals surface area contributed by atoms with E-state index >= 15 is 0 Å². The highest BCUT2D eigenvalue weighted by Gasteiger charge is 2.31. The number of halogens is 4. The van der Waals surface area contributed by atoms with Crippen LogP contribution in [0.4, 0.5) is 17.6 Å². The molecule has 0 saturated carbocycles. The minimum Gasteiger partial charge on any atom is -0.213 e. The van der Waals surface area contributed by atoms with Crippen LogP contribution in [0.3, 0.4) is 0 Å². The number of hydrogen-bond donors (Lipinski definition) is 0. The first-order valence-electron chi connectivity index (χ1n) is 1.78. The Labute approximate surface area is 42.9 Å². The molecule has 0 fully saturated rings. The summed E-state index contributed by atoms with van der Waals surface area (Å²) < 4.78 is 43.5. The summed E-state index contributed by atoms with van der Waals surface area (Å²) in [4.78, 5) is 0. The molecule has 5 heteroatoms. The molecule has 0 amide bonds. The van der Waals surface area contributed by atoms with Gasteiger partial charge in [-0.2, -0.15) is 18.3 Å². The van der Waals surface area contributed by atoms with Crippen LogP contribution in [0.1, 0.15) is 6.42 Å². The van der Waals surface area contributed by atoms with Gasteiger partial charge in [-0.25, -0.2) is 4.39 Å². The molecule has 49 valence electrons. The molecule has 0 aromatic heterocycles. The van der Waals surface area contributed by atoms with Crippen LogP contribution in [0, 0.1) is 0 Å². The molecule has 0 bridgehead atoms. The molecule has 0 aliphatic carbocycles. The number of hydrogen-bond acceptors (Lipinski definition) is 0. The maximum absolute atomic E-state index is 10.9. The SMILES string of the molecule is [O]C(F)CC(F)(F)F. The lowest BCUT2D eigenvalue weighted by atomic mass is 10.4. The van der Waals surface area contributed by atoms with E-state index in [2.05, 4.69) is 0 Å². The Balaban J connectivity index is 3.39. The maximum Gasteiger partial charge on any atom is 0.394 e. The topological polar surface area (TPSA) is 19.9 Å². The zero-order chi connectivity index (χ0) is 6.78. The normalized spacial score (nSPS) is 16.1. The minimum absolute atomic E-state index is 1.90. The molecular formula is C3H3F4O. The summed E-state index contributed by atoms with van der Waals surface area (Å²) in [5.41, 5.74) is 0. The van der Waals surface area contributed by atoms with Crippen molar-refractivity contribution in [3.8, 4) is 0 Å². The van der Waals surface area contributed by atoms with Gasteiger partial charge in [0.2, 0.25) is 6.36 Å². The predicted octanol–water partition coefficient (Wildman–Crippen LogP) is 1.66. The van der Waals surface area contributed by atoms with Gasteiger partial charge in [-0.15, -0.1) is 0 Å². The van der Waals surface area contributed by atoms with Gasteiger partial charge >= 0.3 is 6.18 Å². The van der Waals surface area contributed by atoms with Gasteiger partial charge in [0, 0.05) is 0 Å². The molecule has 0 heterocycles. The summed E-state index contributed by atoms with van der Waals surface area (Å²) in [6, 6.07) is 0. The quantitative estimate of drug-likeness (QED) is 0.482. The molecule has 8 heavy (non-hydrogen) atoms. The Morgan fingerprint density at radius 2 is 1.75 bits per heavy atom. The Morgan fingerprint density at radius 1 is 1.38 bits per heavy atom. The standard InChI is InChI=1S/C3H3F4O/c4-2(8)1-3(5,6)7/h2H,1H2. The van der Waals surface area contributed by atoms with E-state index in [0.717, 1.165) is 0 Å². The molecule has 1 unspecified atom stereocenters. The van der Waals surface area contributed by atoms with E-state index in [1.165, 1.54) is 0 Å². The Hall–Kier alpha value is -0.320. The molecule has 0 aromatic rings. The van der Waals surface area contributed by atoms with E-state index in [1.807, 2.05) is 0 Å². The molecule has 0 rings (SSSR count). The van der Waals surface area contributed by atoms with Crippen LogP contribution >= 0.6 is 0 Å². The highest BCUT2D eigenvalue weighted by atomic mass is 19.4. The van der Waals surface area contributed by atoms with Gasteiger partial charge in [-0.3, -0.25) is 0 Å². The summed E-state index contributed by atoms with van der Waals surface area (Å²) in [5, 5.41) is 9.16. The van der Waals surface area contributed by atoms with Crippen molar-refractivity contribution in [2.45, 2.75) is 19.0 Å². The zero-order valence-corrected chi connectivity index (χ0v) is 3.70. The summed E-state index contributed by atoms with van der Waals surface area (Å²) in [5.74, 6) is 0. The van der Waals surface area contributed by atoms with Crippen LogP contribution in [0.25, 0.3) is 0 Å². The lowest BCUT2D eigenvalue weighted by Gasteiger charge is -2.02. The Morgan fingerprint density at radius 3 is 1.75 bits per heavy atom. The summed E-state index contributed by atoms with van der Waals surface area (Å²) in [6.45, 7) is 0. The number of rotatable bonds is 1. The third-order valence-corrected chi connectivity index (χ3v) is 0.392. The predicted molar refractivity (Wildman–Crippen MR) is 16.3 cm³/mol. The van der Waals surface area contributed by atoms with Crippen LogP contribution in [-0.2, 0) is 5.11 Å². The fraction of sp³-hybridized carbons (Fsp3) is 1.00. The maximum atomic E-state index is 10.9. The van der Waals surface area contributed by atoms with Crippen molar-refractivity contribution in [1.29, 1.82) is 0 Å². The first-order valence-corrected chi connectivity index (χ1v) is 1.78. The smallest absolute Gasteiger partial charge is 0.213 e. The molecule has 1 atom stereocenters.